The van der Waals surface area contributed by atoms with Crippen LogP contribution in [-0.2, 0) is 10.2 Å². The van der Waals surface area contributed by atoms with E-state index in [1.165, 1.54) is 0 Å². The summed E-state index contributed by atoms with van der Waals surface area (Å²) in [5, 5.41) is 14.2. The topological polar surface area (TPSA) is 112 Å². The quantitative estimate of drug-likeness (QED) is 0.528. The van der Waals surface area contributed by atoms with Crippen LogP contribution in [0.25, 0.3) is 0 Å². The van der Waals surface area contributed by atoms with Crippen LogP contribution in [0.4, 0.5) is 11.5 Å². The highest BCUT2D eigenvalue weighted by molar-refractivity contribution is 5.93. The van der Waals surface area contributed by atoms with E-state index in [4.69, 9.17) is 10.7 Å². The molecule has 8 heteroatoms. The summed E-state index contributed by atoms with van der Waals surface area (Å²) in [4.78, 5) is 34.6. The summed E-state index contributed by atoms with van der Waals surface area (Å²) in [5.41, 5.74) is 6.87. The number of piperazine rings is 1. The molecule has 39 heavy (non-hydrogen) atoms. The molecular weight excluding hydrogens is 490 g/mol. The molecule has 3 atom stereocenters. The molecule has 5 fully saturated rings. The summed E-state index contributed by atoms with van der Waals surface area (Å²) in [6.45, 7) is 8.33. The van der Waals surface area contributed by atoms with Gasteiger partial charge in [-0.3, -0.25) is 9.59 Å². The van der Waals surface area contributed by atoms with Crippen LogP contribution in [-0.4, -0.2) is 59.2 Å². The fourth-order valence-electron chi connectivity index (χ4n) is 7.92. The van der Waals surface area contributed by atoms with Gasteiger partial charge >= 0.3 is 0 Å². The summed E-state index contributed by atoms with van der Waals surface area (Å²) in [6, 6.07) is 14.2. The van der Waals surface area contributed by atoms with E-state index in [9.17, 15) is 14.7 Å². The van der Waals surface area contributed by atoms with Gasteiger partial charge in [0.05, 0.1) is 11.0 Å². The molecule has 0 spiro atoms. The largest absolute Gasteiger partial charge is 0.390 e. The second kappa shape index (κ2) is 9.51. The number of aromatic nitrogens is 1. The first-order chi connectivity index (χ1) is 18.5. The van der Waals surface area contributed by atoms with Gasteiger partial charge in [-0.1, -0.05) is 18.2 Å². The minimum absolute atomic E-state index is 0.105. The number of primary amides is 1. The van der Waals surface area contributed by atoms with E-state index in [-0.39, 0.29) is 23.9 Å². The minimum Gasteiger partial charge on any atom is -0.390 e. The van der Waals surface area contributed by atoms with E-state index < -0.39 is 11.0 Å². The first kappa shape index (κ1) is 26.1. The molecule has 1 saturated heterocycles. The molecule has 4 saturated carbocycles. The first-order valence-electron chi connectivity index (χ1n) is 14.4. The number of rotatable bonds is 6. The van der Waals surface area contributed by atoms with Crippen molar-refractivity contribution in [3.05, 3.63) is 53.7 Å². The van der Waals surface area contributed by atoms with Crippen molar-refractivity contribution in [3.63, 3.8) is 0 Å². The zero-order valence-corrected chi connectivity index (χ0v) is 23.3. The number of carbonyl (C=O) groups is 2. The number of amides is 2. The van der Waals surface area contributed by atoms with Gasteiger partial charge in [-0.05, 0) is 100 Å². The number of nitrogens with one attached hydrogen (secondary N) is 1. The van der Waals surface area contributed by atoms with E-state index >= 15 is 0 Å². The molecule has 2 aromatic rings. The molecule has 4 N–H and O–H groups in total. The maximum Gasteiger partial charge on any atom is 0.270 e. The molecule has 1 aliphatic heterocycles. The van der Waals surface area contributed by atoms with Gasteiger partial charge < -0.3 is 26.0 Å². The number of nitrogens with zero attached hydrogens (tertiary/aromatic N) is 3. The van der Waals surface area contributed by atoms with Crippen LogP contribution in [0.1, 0.15) is 68.9 Å². The third-order valence-electron chi connectivity index (χ3n) is 10.00. The maximum atomic E-state index is 13.3. The maximum absolute atomic E-state index is 13.3. The molecule has 1 aromatic heterocycles. The predicted molar refractivity (Wildman–Crippen MR) is 152 cm³/mol. The van der Waals surface area contributed by atoms with Crippen LogP contribution < -0.4 is 20.9 Å². The molecule has 2 unspecified atom stereocenters. The van der Waals surface area contributed by atoms with Gasteiger partial charge in [-0.15, -0.1) is 0 Å². The van der Waals surface area contributed by atoms with Crippen molar-refractivity contribution in [3.8, 4) is 0 Å². The van der Waals surface area contributed by atoms with E-state index in [1.807, 2.05) is 38.1 Å². The Bertz CT molecular complexity index is 1250. The smallest absolute Gasteiger partial charge is 0.270 e. The zero-order valence-electron chi connectivity index (χ0n) is 23.3. The molecule has 4 bridgehead atoms. The fraction of sp³-hybridized carbons (Fsp3) is 0.581. The van der Waals surface area contributed by atoms with Crippen molar-refractivity contribution in [1.82, 2.24) is 10.3 Å². The van der Waals surface area contributed by atoms with Gasteiger partial charge in [-0.25, -0.2) is 4.98 Å². The summed E-state index contributed by atoms with van der Waals surface area (Å²) in [7, 11) is 0. The molecule has 8 nitrogen and oxygen atoms in total. The van der Waals surface area contributed by atoms with Crippen molar-refractivity contribution >= 4 is 23.3 Å². The van der Waals surface area contributed by atoms with Gasteiger partial charge in [-0.2, -0.15) is 0 Å². The van der Waals surface area contributed by atoms with Crippen molar-refractivity contribution in [2.75, 3.05) is 29.4 Å². The van der Waals surface area contributed by atoms with Crippen LogP contribution in [0.5, 0.6) is 0 Å². The van der Waals surface area contributed by atoms with Gasteiger partial charge in [0.25, 0.3) is 5.91 Å². The normalized spacial score (nSPS) is 31.8. The highest BCUT2D eigenvalue weighted by Gasteiger charge is 2.55. The molecule has 1 aromatic carbocycles. The van der Waals surface area contributed by atoms with Gasteiger partial charge in [0, 0.05) is 37.4 Å². The van der Waals surface area contributed by atoms with Crippen LogP contribution >= 0.6 is 0 Å². The summed E-state index contributed by atoms with van der Waals surface area (Å²) >= 11 is 0. The molecule has 7 rings (SSSR count). The molecule has 208 valence electrons. The third kappa shape index (κ3) is 4.77. The number of aliphatic hydroxyl groups is 1. The average Bonchev–Trinajstić information content (AvgIpc) is 2.89. The summed E-state index contributed by atoms with van der Waals surface area (Å²) < 4.78 is 0. The lowest BCUT2D eigenvalue weighted by molar-refractivity contribution is -0.137. The number of benzene rings is 1. The standard InChI is InChI=1S/C31H41N5O3/c1-19-18-35(24-9-7-23(8-10-24)30(2,3)29(32)38)11-12-36(19)26-6-4-5-25(33-26)28(37)34-27-21-13-20-14-22(27)17-31(39,15-20)16-21/h4-10,19-22,27,39H,11-18H2,1-3H3,(H2,32,38)(H,34,37)/t19-,20?,21?,22?,27-,31-/m1/s1. The zero-order chi connectivity index (χ0) is 27.5. The lowest BCUT2D eigenvalue weighted by atomic mass is 9.52. The van der Waals surface area contributed by atoms with Crippen molar-refractivity contribution in [1.29, 1.82) is 0 Å². The minimum atomic E-state index is -0.704. The molecular formula is C31H41N5O3. The van der Waals surface area contributed by atoms with Crippen molar-refractivity contribution in [2.24, 2.45) is 23.5 Å². The number of pyridine rings is 1. The van der Waals surface area contributed by atoms with Crippen molar-refractivity contribution in [2.45, 2.75) is 76.0 Å². The van der Waals surface area contributed by atoms with E-state index in [0.29, 0.717) is 23.4 Å². The van der Waals surface area contributed by atoms with E-state index in [2.05, 4.69) is 34.2 Å². The Morgan fingerprint density at radius 1 is 1.05 bits per heavy atom. The Morgan fingerprint density at radius 3 is 2.36 bits per heavy atom. The lowest BCUT2D eigenvalue weighted by Crippen LogP contribution is -2.61. The number of nitrogens with two attached hydrogens (primary N) is 1. The number of hydrogen-bond acceptors (Lipinski definition) is 6. The monoisotopic (exact) mass is 531 g/mol. The Hall–Kier alpha value is -3.13. The molecule has 2 amide bonds. The van der Waals surface area contributed by atoms with Crippen LogP contribution in [0.3, 0.4) is 0 Å². The fourth-order valence-corrected chi connectivity index (χ4v) is 7.92. The number of anilines is 2. The summed E-state index contributed by atoms with van der Waals surface area (Å²) in [6.07, 6.45) is 4.79. The van der Waals surface area contributed by atoms with E-state index in [1.54, 1.807) is 6.07 Å². The molecule has 4 aliphatic carbocycles. The van der Waals surface area contributed by atoms with Crippen LogP contribution in [0, 0.1) is 17.8 Å². The average molecular weight is 532 g/mol. The third-order valence-corrected chi connectivity index (χ3v) is 10.00. The van der Waals surface area contributed by atoms with E-state index in [0.717, 1.165) is 68.8 Å². The Kier molecular flexibility index (Phi) is 6.36. The molecule has 0 radical (unpaired) electrons. The lowest BCUT2D eigenvalue weighted by Gasteiger charge is -2.58. The summed E-state index contributed by atoms with van der Waals surface area (Å²) in [5.74, 6) is 1.74. The highest BCUT2D eigenvalue weighted by Crippen LogP contribution is 2.55. The Labute approximate surface area is 231 Å². The Balaban J connectivity index is 1.10. The van der Waals surface area contributed by atoms with Crippen molar-refractivity contribution < 1.29 is 14.7 Å². The first-order valence-corrected chi connectivity index (χ1v) is 14.4. The van der Waals surface area contributed by atoms with Gasteiger partial charge in [0.2, 0.25) is 5.91 Å². The Morgan fingerprint density at radius 2 is 1.74 bits per heavy atom. The number of carbonyl (C=O) groups excluding carboxylic acids is 2. The predicted octanol–water partition coefficient (Wildman–Crippen LogP) is 3.23. The number of hydrogen-bond donors (Lipinski definition) is 3. The highest BCUT2D eigenvalue weighted by atomic mass is 16.3. The van der Waals surface area contributed by atoms with Gasteiger partial charge in [0.1, 0.15) is 11.5 Å². The second-order valence-corrected chi connectivity index (χ2v) is 13.1. The van der Waals surface area contributed by atoms with Crippen LogP contribution in [0.15, 0.2) is 42.5 Å². The van der Waals surface area contributed by atoms with Gasteiger partial charge in [0.15, 0.2) is 0 Å². The van der Waals surface area contributed by atoms with Crippen LogP contribution in [0.2, 0.25) is 0 Å². The second-order valence-electron chi connectivity index (χ2n) is 13.1. The molecule has 5 aliphatic rings. The molecule has 2 heterocycles. The SMILES string of the molecule is C[C@@H]1CN(c2ccc(C(C)(C)C(N)=O)cc2)CCN1c1cccc(C(=O)N[C@H]2C3CC4CC2C[C@](O)(C4)C3)n1.